The summed E-state index contributed by atoms with van der Waals surface area (Å²) in [6.45, 7) is 16.0. The fourth-order valence-electron chi connectivity index (χ4n) is 2.12. The average Bonchev–Trinajstić information content (AvgIpc) is 2.32. The largest absolute Gasteiger partial charge is 0.328 e. The predicted molar refractivity (Wildman–Crippen MR) is 77.4 cm³/mol. The van der Waals surface area contributed by atoms with Crippen molar-refractivity contribution in [2.24, 2.45) is 5.73 Å². The highest BCUT2D eigenvalue weighted by Gasteiger charge is 2.04. The Morgan fingerprint density at radius 3 is 1.76 bits per heavy atom. The fourth-order valence-corrected chi connectivity index (χ4v) is 2.12. The summed E-state index contributed by atoms with van der Waals surface area (Å²) < 4.78 is 0. The van der Waals surface area contributed by atoms with E-state index in [9.17, 15) is 0 Å². The Hall–Kier alpha value is -0.120. The van der Waals surface area contributed by atoms with Crippen LogP contribution < -0.4 is 5.73 Å². The van der Waals surface area contributed by atoms with Gasteiger partial charge in [-0.25, -0.2) is 0 Å². The molecule has 0 aliphatic rings. The lowest BCUT2D eigenvalue weighted by molar-refractivity contribution is 0.239. The molecule has 0 aromatic rings. The number of rotatable bonds is 11. The first-order valence-corrected chi connectivity index (χ1v) is 7.34. The van der Waals surface area contributed by atoms with Crippen LogP contribution in [0.5, 0.6) is 0 Å². The second-order valence-electron chi connectivity index (χ2n) is 4.93. The van der Waals surface area contributed by atoms with Gasteiger partial charge in [-0.05, 0) is 65.5 Å². The molecule has 1 unspecified atom stereocenters. The molecule has 0 saturated carbocycles. The maximum Gasteiger partial charge on any atom is 0.00109 e. The molecule has 3 nitrogen and oxygen atoms in total. The van der Waals surface area contributed by atoms with Crippen LogP contribution in [0, 0.1) is 0 Å². The van der Waals surface area contributed by atoms with E-state index in [4.69, 9.17) is 5.73 Å². The first-order chi connectivity index (χ1) is 8.13. The summed E-state index contributed by atoms with van der Waals surface area (Å²) in [4.78, 5) is 5.04. The van der Waals surface area contributed by atoms with Gasteiger partial charge < -0.3 is 15.5 Å². The van der Waals surface area contributed by atoms with Crippen molar-refractivity contribution in [1.82, 2.24) is 9.80 Å². The molecule has 1 atom stereocenters. The van der Waals surface area contributed by atoms with E-state index < -0.39 is 0 Å². The molecule has 0 radical (unpaired) electrons. The van der Waals surface area contributed by atoms with E-state index in [0.29, 0.717) is 6.04 Å². The first kappa shape index (κ1) is 16.9. The van der Waals surface area contributed by atoms with Gasteiger partial charge in [0.25, 0.3) is 0 Å². The smallest absolute Gasteiger partial charge is 0.00109 e. The lowest BCUT2D eigenvalue weighted by atomic mass is 10.2. The third-order valence-corrected chi connectivity index (χ3v) is 3.42. The van der Waals surface area contributed by atoms with Gasteiger partial charge in [0.05, 0.1) is 0 Å². The molecule has 0 aromatic heterocycles. The quantitative estimate of drug-likeness (QED) is 0.603. The maximum absolute atomic E-state index is 5.77. The van der Waals surface area contributed by atoms with Crippen LogP contribution in [-0.2, 0) is 0 Å². The third-order valence-electron chi connectivity index (χ3n) is 3.42. The average molecular weight is 243 g/mol. The van der Waals surface area contributed by atoms with E-state index in [-0.39, 0.29) is 0 Å². The Kier molecular flexibility index (Phi) is 10.9. The number of nitrogens with zero attached hydrogens (tertiary/aromatic N) is 2. The van der Waals surface area contributed by atoms with Crippen LogP contribution in [0.15, 0.2) is 0 Å². The highest BCUT2D eigenvalue weighted by Crippen LogP contribution is 2.00. The third kappa shape index (κ3) is 9.57. The molecule has 2 N–H and O–H groups in total. The minimum absolute atomic E-state index is 0.351. The lowest BCUT2D eigenvalue weighted by Gasteiger charge is -2.23. The van der Waals surface area contributed by atoms with Crippen molar-refractivity contribution in [2.45, 2.75) is 53.0 Å². The highest BCUT2D eigenvalue weighted by molar-refractivity contribution is 4.61. The van der Waals surface area contributed by atoms with Crippen LogP contribution in [0.2, 0.25) is 0 Å². The number of hydrogen-bond donors (Lipinski definition) is 1. The van der Waals surface area contributed by atoms with Gasteiger partial charge in [-0.2, -0.15) is 0 Å². The monoisotopic (exact) mass is 243 g/mol. The number of nitrogens with two attached hydrogens (primary N) is 1. The van der Waals surface area contributed by atoms with E-state index in [1.54, 1.807) is 0 Å². The number of hydrogen-bond acceptors (Lipinski definition) is 3. The van der Waals surface area contributed by atoms with E-state index in [1.165, 1.54) is 45.6 Å². The van der Waals surface area contributed by atoms with E-state index in [2.05, 4.69) is 37.5 Å². The second-order valence-corrected chi connectivity index (χ2v) is 4.93. The van der Waals surface area contributed by atoms with E-state index in [1.807, 2.05) is 0 Å². The molecule has 0 aromatic carbocycles. The van der Waals surface area contributed by atoms with Gasteiger partial charge in [-0.15, -0.1) is 0 Å². The molecule has 0 aliphatic carbocycles. The zero-order chi connectivity index (χ0) is 13.1. The molecule has 0 aliphatic heterocycles. The SMILES string of the molecule is CCN(CC)CCCN(CC)CCCC(C)N. The van der Waals surface area contributed by atoms with Crippen LogP contribution in [-0.4, -0.2) is 55.1 Å². The van der Waals surface area contributed by atoms with Crippen LogP contribution in [0.1, 0.15) is 47.0 Å². The molecule has 104 valence electrons. The summed E-state index contributed by atoms with van der Waals surface area (Å²) in [5.41, 5.74) is 5.77. The van der Waals surface area contributed by atoms with Crippen LogP contribution in [0.3, 0.4) is 0 Å². The Bertz CT molecular complexity index is 156. The van der Waals surface area contributed by atoms with Crippen molar-refractivity contribution in [2.75, 3.05) is 39.3 Å². The van der Waals surface area contributed by atoms with Gasteiger partial charge in [0, 0.05) is 6.04 Å². The first-order valence-electron chi connectivity index (χ1n) is 7.34. The molecule has 3 heteroatoms. The Morgan fingerprint density at radius 1 is 0.824 bits per heavy atom. The Morgan fingerprint density at radius 2 is 1.29 bits per heavy atom. The summed E-state index contributed by atoms with van der Waals surface area (Å²) in [7, 11) is 0. The summed E-state index contributed by atoms with van der Waals surface area (Å²) in [5.74, 6) is 0. The van der Waals surface area contributed by atoms with Crippen molar-refractivity contribution >= 4 is 0 Å². The fraction of sp³-hybridized carbons (Fsp3) is 1.00. The van der Waals surface area contributed by atoms with Crippen LogP contribution in [0.4, 0.5) is 0 Å². The molecule has 0 rings (SSSR count). The molecular formula is C14H33N3. The Labute approximate surface area is 108 Å². The maximum atomic E-state index is 5.77. The Balaban J connectivity index is 3.60. The van der Waals surface area contributed by atoms with Crippen molar-refractivity contribution in [3.8, 4) is 0 Å². The van der Waals surface area contributed by atoms with E-state index in [0.717, 1.165) is 13.0 Å². The van der Waals surface area contributed by atoms with Gasteiger partial charge in [0.2, 0.25) is 0 Å². The van der Waals surface area contributed by atoms with Crippen LogP contribution >= 0.6 is 0 Å². The van der Waals surface area contributed by atoms with Crippen molar-refractivity contribution in [1.29, 1.82) is 0 Å². The molecule has 0 saturated heterocycles. The molecule has 0 bridgehead atoms. The highest BCUT2D eigenvalue weighted by atomic mass is 15.1. The minimum atomic E-state index is 0.351. The molecule has 0 fully saturated rings. The van der Waals surface area contributed by atoms with E-state index >= 15 is 0 Å². The summed E-state index contributed by atoms with van der Waals surface area (Å²) in [6, 6.07) is 0.351. The standard InChI is InChI=1S/C14H33N3/c1-5-16(6-2)12-9-13-17(7-3)11-8-10-14(4)15/h14H,5-13,15H2,1-4H3. The second kappa shape index (κ2) is 11.0. The zero-order valence-corrected chi connectivity index (χ0v) is 12.4. The van der Waals surface area contributed by atoms with Gasteiger partial charge in [0.1, 0.15) is 0 Å². The summed E-state index contributed by atoms with van der Waals surface area (Å²) in [5, 5.41) is 0. The van der Waals surface area contributed by atoms with Gasteiger partial charge in [0.15, 0.2) is 0 Å². The molecular weight excluding hydrogens is 210 g/mol. The van der Waals surface area contributed by atoms with Crippen molar-refractivity contribution in [3.05, 3.63) is 0 Å². The molecule has 17 heavy (non-hydrogen) atoms. The summed E-state index contributed by atoms with van der Waals surface area (Å²) >= 11 is 0. The predicted octanol–water partition coefficient (Wildman–Crippen LogP) is 2.17. The zero-order valence-electron chi connectivity index (χ0n) is 12.4. The normalized spacial score (nSPS) is 13.6. The molecule has 0 spiro atoms. The van der Waals surface area contributed by atoms with Gasteiger partial charge in [-0.1, -0.05) is 20.8 Å². The molecule has 0 heterocycles. The van der Waals surface area contributed by atoms with Gasteiger partial charge >= 0.3 is 0 Å². The topological polar surface area (TPSA) is 32.5 Å². The van der Waals surface area contributed by atoms with Gasteiger partial charge in [-0.3, -0.25) is 0 Å². The van der Waals surface area contributed by atoms with Crippen molar-refractivity contribution in [3.63, 3.8) is 0 Å². The molecule has 0 amide bonds. The van der Waals surface area contributed by atoms with Crippen LogP contribution in [0.25, 0.3) is 0 Å². The van der Waals surface area contributed by atoms with Crippen molar-refractivity contribution < 1.29 is 0 Å². The minimum Gasteiger partial charge on any atom is -0.328 e. The summed E-state index contributed by atoms with van der Waals surface area (Å²) in [6.07, 6.45) is 3.66. The lowest BCUT2D eigenvalue weighted by Crippen LogP contribution is -2.31.